The van der Waals surface area contributed by atoms with Crippen molar-refractivity contribution >= 4 is 28.1 Å². The summed E-state index contributed by atoms with van der Waals surface area (Å²) in [6, 6.07) is 11.8. The fraction of sp³-hybridized carbons (Fsp3) is 0.158. The minimum absolute atomic E-state index is 0.0243. The fourth-order valence-electron chi connectivity index (χ4n) is 2.41. The third-order valence-electron chi connectivity index (χ3n) is 3.74. The highest BCUT2D eigenvalue weighted by Gasteiger charge is 2.14. The van der Waals surface area contributed by atoms with Crippen molar-refractivity contribution in [3.05, 3.63) is 58.4 Å². The minimum atomic E-state index is -0.698. The molecule has 0 bridgehead atoms. The van der Waals surface area contributed by atoms with Crippen molar-refractivity contribution in [2.75, 3.05) is 14.2 Å². The van der Waals surface area contributed by atoms with Crippen LogP contribution in [0.1, 0.15) is 17.3 Å². The Labute approximate surface area is 148 Å². The Bertz CT molecular complexity index is 1050. The maximum absolute atomic E-state index is 11.9. The molecule has 0 spiro atoms. The number of hydrogen-bond acceptors (Lipinski definition) is 7. The number of benzene rings is 2. The van der Waals surface area contributed by atoms with Gasteiger partial charge in [-0.1, -0.05) is 0 Å². The third-order valence-corrected chi connectivity index (χ3v) is 3.74. The first-order valence-corrected chi connectivity index (χ1v) is 7.74. The molecule has 7 heteroatoms. The van der Waals surface area contributed by atoms with Crippen molar-refractivity contribution in [2.45, 2.75) is 6.92 Å². The van der Waals surface area contributed by atoms with Gasteiger partial charge in [-0.3, -0.25) is 4.79 Å². The van der Waals surface area contributed by atoms with Gasteiger partial charge in [0.05, 0.1) is 25.6 Å². The number of methoxy groups -OCH3 is 2. The summed E-state index contributed by atoms with van der Waals surface area (Å²) in [4.78, 5) is 23.5. The van der Waals surface area contributed by atoms with Crippen molar-refractivity contribution in [2.24, 2.45) is 10.2 Å². The SMILES string of the molecule is COc1ccc(N=Nc2cc(OC)c3oc(=O)c(C(C)=O)cc3c2)cc1. The first kappa shape index (κ1) is 17.3. The highest BCUT2D eigenvalue weighted by atomic mass is 16.5. The number of hydrogen-bond donors (Lipinski definition) is 0. The van der Waals surface area contributed by atoms with Crippen LogP contribution in [0.4, 0.5) is 11.4 Å². The molecule has 0 atom stereocenters. The highest BCUT2D eigenvalue weighted by molar-refractivity contribution is 5.97. The van der Waals surface area contributed by atoms with Crippen LogP contribution in [-0.4, -0.2) is 20.0 Å². The molecule has 7 nitrogen and oxygen atoms in total. The van der Waals surface area contributed by atoms with E-state index in [9.17, 15) is 9.59 Å². The van der Waals surface area contributed by atoms with Crippen LogP contribution >= 0.6 is 0 Å². The molecular weight excluding hydrogens is 336 g/mol. The van der Waals surface area contributed by atoms with Crippen molar-refractivity contribution < 1.29 is 18.7 Å². The highest BCUT2D eigenvalue weighted by Crippen LogP contribution is 2.32. The van der Waals surface area contributed by atoms with Crippen LogP contribution in [0.25, 0.3) is 11.0 Å². The summed E-state index contributed by atoms with van der Waals surface area (Å²) in [5.74, 6) is 0.686. The van der Waals surface area contributed by atoms with E-state index in [1.54, 1.807) is 43.5 Å². The van der Waals surface area contributed by atoms with Crippen LogP contribution < -0.4 is 15.1 Å². The number of fused-ring (bicyclic) bond motifs is 1. The Morgan fingerprint density at radius 1 is 0.962 bits per heavy atom. The molecule has 0 fully saturated rings. The number of ether oxygens (including phenoxy) is 2. The number of carbonyl (C=O) groups is 1. The van der Waals surface area contributed by atoms with Gasteiger partial charge >= 0.3 is 5.63 Å². The zero-order chi connectivity index (χ0) is 18.7. The van der Waals surface area contributed by atoms with Crippen molar-refractivity contribution in [1.82, 2.24) is 0 Å². The monoisotopic (exact) mass is 352 g/mol. The van der Waals surface area contributed by atoms with Gasteiger partial charge in [-0.15, -0.1) is 0 Å². The van der Waals surface area contributed by atoms with Crippen molar-refractivity contribution in [3.8, 4) is 11.5 Å². The molecule has 132 valence electrons. The van der Waals surface area contributed by atoms with Gasteiger partial charge in [0, 0.05) is 11.5 Å². The van der Waals surface area contributed by atoms with Gasteiger partial charge in [0.2, 0.25) is 0 Å². The smallest absolute Gasteiger partial charge is 0.347 e. The second kappa shape index (κ2) is 7.18. The summed E-state index contributed by atoms with van der Waals surface area (Å²) in [7, 11) is 3.05. The van der Waals surface area contributed by atoms with Gasteiger partial charge in [-0.2, -0.15) is 10.2 Å². The first-order valence-electron chi connectivity index (χ1n) is 7.74. The van der Waals surface area contributed by atoms with Crippen LogP contribution in [0.2, 0.25) is 0 Å². The molecule has 3 aromatic rings. The quantitative estimate of drug-likeness (QED) is 0.385. The Morgan fingerprint density at radius 3 is 2.27 bits per heavy atom. The van der Waals surface area contributed by atoms with Crippen LogP contribution in [0.3, 0.4) is 0 Å². The summed E-state index contributed by atoms with van der Waals surface area (Å²) in [5, 5.41) is 8.88. The van der Waals surface area contributed by atoms with E-state index in [4.69, 9.17) is 13.9 Å². The van der Waals surface area contributed by atoms with Crippen LogP contribution in [-0.2, 0) is 0 Å². The Balaban J connectivity index is 2.05. The third kappa shape index (κ3) is 3.46. The number of rotatable bonds is 5. The Hall–Kier alpha value is -3.48. The number of Topliss-reactive ketones (excluding diaryl/α,β-unsaturated/α-hetero) is 1. The summed E-state index contributed by atoms with van der Waals surface area (Å²) < 4.78 is 15.6. The summed E-state index contributed by atoms with van der Waals surface area (Å²) in [6.07, 6.45) is 0. The molecule has 0 radical (unpaired) electrons. The maximum Gasteiger partial charge on any atom is 0.347 e. The molecule has 1 aromatic heterocycles. The van der Waals surface area contributed by atoms with Gasteiger partial charge in [0.1, 0.15) is 11.3 Å². The molecule has 0 aliphatic heterocycles. The average molecular weight is 352 g/mol. The molecule has 0 amide bonds. The summed E-state index contributed by atoms with van der Waals surface area (Å²) >= 11 is 0. The van der Waals surface area contributed by atoms with Gasteiger partial charge in [0.25, 0.3) is 0 Å². The predicted molar refractivity (Wildman–Crippen MR) is 96.2 cm³/mol. The molecular formula is C19H16N2O5. The second-order valence-corrected chi connectivity index (χ2v) is 5.47. The Morgan fingerprint density at radius 2 is 1.65 bits per heavy atom. The normalized spacial score (nSPS) is 11.0. The first-order chi connectivity index (χ1) is 12.5. The molecule has 0 N–H and O–H groups in total. The van der Waals surface area contributed by atoms with Crippen LogP contribution in [0.5, 0.6) is 11.5 Å². The topological polar surface area (TPSA) is 90.5 Å². The van der Waals surface area contributed by atoms with E-state index in [1.165, 1.54) is 20.1 Å². The molecule has 0 saturated heterocycles. The van der Waals surface area contributed by atoms with E-state index >= 15 is 0 Å². The van der Waals surface area contributed by atoms with E-state index in [0.717, 1.165) is 5.75 Å². The van der Waals surface area contributed by atoms with Crippen molar-refractivity contribution in [3.63, 3.8) is 0 Å². The molecule has 0 aliphatic rings. The number of azo groups is 1. The summed E-state index contributed by atoms with van der Waals surface area (Å²) in [6.45, 7) is 1.31. The molecule has 0 saturated carbocycles. The zero-order valence-corrected chi connectivity index (χ0v) is 14.5. The van der Waals surface area contributed by atoms with Crippen LogP contribution in [0, 0.1) is 0 Å². The van der Waals surface area contributed by atoms with E-state index in [-0.39, 0.29) is 16.9 Å². The van der Waals surface area contributed by atoms with E-state index in [2.05, 4.69) is 10.2 Å². The molecule has 0 aliphatic carbocycles. The number of nitrogens with zero attached hydrogens (tertiary/aromatic N) is 2. The lowest BCUT2D eigenvalue weighted by Gasteiger charge is -2.06. The average Bonchev–Trinajstić information content (AvgIpc) is 2.65. The molecule has 2 aromatic carbocycles. The molecule has 26 heavy (non-hydrogen) atoms. The lowest BCUT2D eigenvalue weighted by Crippen LogP contribution is -2.11. The van der Waals surface area contributed by atoms with Gasteiger partial charge in [-0.05, 0) is 43.3 Å². The van der Waals surface area contributed by atoms with Gasteiger partial charge < -0.3 is 13.9 Å². The summed E-state index contributed by atoms with van der Waals surface area (Å²) in [5.41, 5.74) is 0.674. The number of carbonyl (C=O) groups excluding carboxylic acids is 1. The fourth-order valence-corrected chi connectivity index (χ4v) is 2.41. The molecule has 0 unspecified atom stereocenters. The van der Waals surface area contributed by atoms with E-state index < -0.39 is 5.63 Å². The molecule has 3 rings (SSSR count). The Kier molecular flexibility index (Phi) is 4.79. The standard InChI is InChI=1S/C19H16N2O5/c1-11(22)16-9-12-8-14(10-17(25-3)18(12)26-19(16)23)21-20-13-4-6-15(24-2)7-5-13/h4-10H,1-3H3. The predicted octanol–water partition coefficient (Wildman–Crippen LogP) is 4.43. The number of ketones is 1. The van der Waals surface area contributed by atoms with Gasteiger partial charge in [0.15, 0.2) is 17.1 Å². The lowest BCUT2D eigenvalue weighted by atomic mass is 10.1. The lowest BCUT2D eigenvalue weighted by molar-refractivity contribution is 0.101. The second-order valence-electron chi connectivity index (χ2n) is 5.47. The van der Waals surface area contributed by atoms with E-state index in [1.807, 2.05) is 0 Å². The molecule has 1 heterocycles. The minimum Gasteiger partial charge on any atom is -0.497 e. The maximum atomic E-state index is 11.9. The van der Waals surface area contributed by atoms with Crippen LogP contribution in [0.15, 0.2) is 61.9 Å². The largest absolute Gasteiger partial charge is 0.497 e. The van der Waals surface area contributed by atoms with Gasteiger partial charge in [-0.25, -0.2) is 4.79 Å². The zero-order valence-electron chi connectivity index (χ0n) is 14.5. The van der Waals surface area contributed by atoms with Crippen molar-refractivity contribution in [1.29, 1.82) is 0 Å². The van der Waals surface area contributed by atoms with E-state index in [0.29, 0.717) is 22.5 Å².